The van der Waals surface area contributed by atoms with E-state index in [1.807, 2.05) is 26.8 Å². The number of hydrogen-bond acceptors (Lipinski definition) is 2. The van der Waals surface area contributed by atoms with Gasteiger partial charge in [0.1, 0.15) is 11.5 Å². The van der Waals surface area contributed by atoms with Gasteiger partial charge in [0.15, 0.2) is 5.89 Å². The van der Waals surface area contributed by atoms with Crippen LogP contribution < -0.4 is 0 Å². The molecule has 1 heterocycles. The maximum atomic E-state index is 5.83. The number of hydrogen-bond donors (Lipinski definition) is 0. The van der Waals surface area contributed by atoms with Gasteiger partial charge in [-0.25, -0.2) is 4.98 Å². The molecule has 72 valence electrons. The summed E-state index contributed by atoms with van der Waals surface area (Å²) in [6, 6.07) is 0. The largest absolute Gasteiger partial charge is 0.445 e. The minimum Gasteiger partial charge on any atom is -0.445 e. The van der Waals surface area contributed by atoms with Gasteiger partial charge in [0.05, 0.1) is 0 Å². The van der Waals surface area contributed by atoms with Gasteiger partial charge in [-0.05, 0) is 12.5 Å². The van der Waals surface area contributed by atoms with Gasteiger partial charge in [0, 0.05) is 18.4 Å². The van der Waals surface area contributed by atoms with Crippen LogP contribution >= 0.6 is 11.6 Å². The number of aryl methyl sites for hydroxylation is 2. The second-order valence-electron chi connectivity index (χ2n) is 2.63. The minimum atomic E-state index is 0.720. The van der Waals surface area contributed by atoms with E-state index in [0.717, 1.165) is 35.2 Å². The zero-order valence-electron chi connectivity index (χ0n) is 8.22. The van der Waals surface area contributed by atoms with Crippen LogP contribution in [0.25, 0.3) is 6.08 Å². The molecule has 13 heavy (non-hydrogen) atoms. The van der Waals surface area contributed by atoms with E-state index in [-0.39, 0.29) is 0 Å². The van der Waals surface area contributed by atoms with Crippen molar-refractivity contribution in [3.05, 3.63) is 22.4 Å². The third-order valence-electron chi connectivity index (χ3n) is 1.72. The maximum absolute atomic E-state index is 5.83. The fraction of sp³-hybridized carbons (Fsp3) is 0.500. The molecule has 0 amide bonds. The molecule has 1 aliphatic carbocycles. The zero-order chi connectivity index (χ0) is 9.84. The number of fused-ring (bicyclic) bond motifs is 1. The van der Waals surface area contributed by atoms with E-state index in [1.165, 1.54) is 0 Å². The Morgan fingerprint density at radius 3 is 2.77 bits per heavy atom. The van der Waals surface area contributed by atoms with Crippen molar-refractivity contribution in [3.63, 3.8) is 0 Å². The fourth-order valence-electron chi connectivity index (χ4n) is 1.23. The second-order valence-corrected chi connectivity index (χ2v) is 3.12. The van der Waals surface area contributed by atoms with E-state index in [2.05, 4.69) is 4.98 Å². The minimum absolute atomic E-state index is 0.720. The van der Waals surface area contributed by atoms with E-state index in [9.17, 15) is 0 Å². The lowest BCUT2D eigenvalue weighted by atomic mass is 10.1. The molecule has 2 rings (SSSR count). The summed E-state index contributed by atoms with van der Waals surface area (Å²) in [5, 5.41) is 0.866. The standard InChI is InChI=1S/C8H8ClNO.C2H6/c1-5-10-7-4-6(9)2-3-8(7)11-5;1-2/h4H,2-3H2,1H3;1-2H3. The van der Waals surface area contributed by atoms with Gasteiger partial charge in [-0.15, -0.1) is 0 Å². The van der Waals surface area contributed by atoms with Crippen molar-refractivity contribution < 1.29 is 4.42 Å². The summed E-state index contributed by atoms with van der Waals surface area (Å²) in [6.07, 6.45) is 3.63. The highest BCUT2D eigenvalue weighted by Crippen LogP contribution is 2.25. The first kappa shape index (κ1) is 10.3. The van der Waals surface area contributed by atoms with Crippen LogP contribution in [0.1, 0.15) is 37.6 Å². The van der Waals surface area contributed by atoms with E-state index in [1.54, 1.807) is 0 Å². The Kier molecular flexibility index (Phi) is 3.55. The van der Waals surface area contributed by atoms with Gasteiger partial charge >= 0.3 is 0 Å². The molecule has 0 bridgehead atoms. The average molecular weight is 200 g/mol. The Morgan fingerprint density at radius 2 is 2.08 bits per heavy atom. The fourth-order valence-corrected chi connectivity index (χ4v) is 1.43. The van der Waals surface area contributed by atoms with Crippen LogP contribution in [0.2, 0.25) is 0 Å². The monoisotopic (exact) mass is 199 g/mol. The Balaban J connectivity index is 0.000000396. The quantitative estimate of drug-likeness (QED) is 0.639. The molecule has 0 radical (unpaired) electrons. The number of halogens is 1. The first-order chi connectivity index (χ1) is 6.25. The van der Waals surface area contributed by atoms with Crippen molar-refractivity contribution in [2.24, 2.45) is 0 Å². The molecule has 2 nitrogen and oxygen atoms in total. The van der Waals surface area contributed by atoms with Crippen molar-refractivity contribution >= 4 is 17.7 Å². The highest BCUT2D eigenvalue weighted by Gasteiger charge is 2.14. The van der Waals surface area contributed by atoms with Gasteiger partial charge in [-0.1, -0.05) is 25.4 Å². The molecule has 0 fully saturated rings. The number of rotatable bonds is 0. The summed E-state index contributed by atoms with van der Waals surface area (Å²) >= 11 is 5.83. The lowest BCUT2D eigenvalue weighted by molar-refractivity contribution is 0.473. The maximum Gasteiger partial charge on any atom is 0.191 e. The SMILES string of the molecule is CC.Cc1nc2c(o1)CCC(Cl)=C2. The first-order valence-corrected chi connectivity index (χ1v) is 4.96. The van der Waals surface area contributed by atoms with E-state index < -0.39 is 0 Å². The highest BCUT2D eigenvalue weighted by molar-refractivity contribution is 6.31. The molecule has 0 unspecified atom stereocenters. The number of allylic oxidation sites excluding steroid dienone is 1. The predicted molar refractivity (Wildman–Crippen MR) is 54.7 cm³/mol. The van der Waals surface area contributed by atoms with Crippen molar-refractivity contribution in [2.75, 3.05) is 0 Å². The molecule has 3 heteroatoms. The van der Waals surface area contributed by atoms with Crippen LogP contribution in [-0.4, -0.2) is 4.98 Å². The van der Waals surface area contributed by atoms with E-state index in [4.69, 9.17) is 16.0 Å². The van der Waals surface area contributed by atoms with E-state index in [0.29, 0.717) is 0 Å². The molecule has 0 aliphatic heterocycles. The van der Waals surface area contributed by atoms with Gasteiger partial charge in [-0.2, -0.15) is 0 Å². The van der Waals surface area contributed by atoms with Gasteiger partial charge in [-0.3, -0.25) is 0 Å². The molecule has 0 spiro atoms. The van der Waals surface area contributed by atoms with Crippen LogP contribution in [0, 0.1) is 6.92 Å². The lowest BCUT2D eigenvalue weighted by Gasteiger charge is -2.03. The summed E-state index contributed by atoms with van der Waals surface area (Å²) in [5.41, 5.74) is 0.902. The summed E-state index contributed by atoms with van der Waals surface area (Å²) in [4.78, 5) is 4.17. The molecule has 0 saturated heterocycles. The average Bonchev–Trinajstić information content (AvgIpc) is 2.48. The van der Waals surface area contributed by atoms with Crippen molar-refractivity contribution in [1.29, 1.82) is 0 Å². The van der Waals surface area contributed by atoms with E-state index >= 15 is 0 Å². The molecule has 0 atom stereocenters. The molecular formula is C10H14ClNO. The van der Waals surface area contributed by atoms with Gasteiger partial charge in [0.2, 0.25) is 0 Å². The summed E-state index contributed by atoms with van der Waals surface area (Å²) < 4.78 is 5.34. The first-order valence-electron chi connectivity index (χ1n) is 4.58. The third-order valence-corrected chi connectivity index (χ3v) is 2.02. The topological polar surface area (TPSA) is 26.0 Å². The Morgan fingerprint density at radius 1 is 1.38 bits per heavy atom. The highest BCUT2D eigenvalue weighted by atomic mass is 35.5. The van der Waals surface area contributed by atoms with Crippen LogP contribution in [-0.2, 0) is 6.42 Å². The van der Waals surface area contributed by atoms with Crippen LogP contribution in [0.3, 0.4) is 0 Å². The van der Waals surface area contributed by atoms with Gasteiger partial charge < -0.3 is 4.42 Å². The van der Waals surface area contributed by atoms with Crippen molar-refractivity contribution in [3.8, 4) is 0 Å². The Bertz CT molecular complexity index is 315. The number of aromatic nitrogens is 1. The smallest absolute Gasteiger partial charge is 0.191 e. The lowest BCUT2D eigenvalue weighted by Crippen LogP contribution is -1.92. The number of nitrogens with zero attached hydrogens (tertiary/aromatic N) is 1. The second kappa shape index (κ2) is 4.47. The molecule has 1 aliphatic rings. The van der Waals surface area contributed by atoms with Crippen molar-refractivity contribution in [1.82, 2.24) is 4.98 Å². The van der Waals surface area contributed by atoms with Crippen molar-refractivity contribution in [2.45, 2.75) is 33.6 Å². The van der Waals surface area contributed by atoms with Crippen LogP contribution in [0.4, 0.5) is 0 Å². The molecular weight excluding hydrogens is 186 g/mol. The van der Waals surface area contributed by atoms with Gasteiger partial charge in [0.25, 0.3) is 0 Å². The zero-order valence-corrected chi connectivity index (χ0v) is 8.98. The predicted octanol–water partition coefficient (Wildman–Crippen LogP) is 3.54. The molecule has 1 aromatic heterocycles. The summed E-state index contributed by atoms with van der Waals surface area (Å²) in [5.74, 6) is 1.68. The number of oxazole rings is 1. The third kappa shape index (κ3) is 2.34. The molecule has 0 N–H and O–H groups in total. The summed E-state index contributed by atoms with van der Waals surface area (Å²) in [6.45, 7) is 5.85. The Hall–Kier alpha value is -0.760. The summed E-state index contributed by atoms with van der Waals surface area (Å²) in [7, 11) is 0. The molecule has 0 saturated carbocycles. The Labute approximate surface area is 83.6 Å². The van der Waals surface area contributed by atoms with Crippen LogP contribution in [0.5, 0.6) is 0 Å². The molecule has 0 aromatic carbocycles. The normalized spacial score (nSPS) is 14.0. The van der Waals surface area contributed by atoms with Crippen LogP contribution in [0.15, 0.2) is 9.45 Å². The molecule has 1 aromatic rings.